The van der Waals surface area contributed by atoms with Gasteiger partial charge >= 0.3 is 0 Å². The molecule has 7 heteroatoms. The Labute approximate surface area is 147 Å². The largest absolute Gasteiger partial charge is 0.497 e. The Kier molecular flexibility index (Phi) is 7.17. The topological polar surface area (TPSA) is 43.4 Å². The third-order valence-electron chi connectivity index (χ3n) is 2.53. The molecule has 0 radical (unpaired) electrons. The fourth-order valence-corrected chi connectivity index (χ4v) is 2.15. The first kappa shape index (κ1) is 18.8. The normalized spacial score (nSPS) is 14.6. The van der Waals surface area contributed by atoms with Gasteiger partial charge in [0.25, 0.3) is 0 Å². The number of benzene rings is 1. The van der Waals surface area contributed by atoms with Crippen molar-refractivity contribution in [2.45, 2.75) is 0 Å². The molecule has 0 fully saturated rings. The number of hydrogen-bond acceptors (Lipinski definition) is 3. The zero-order chi connectivity index (χ0) is 16.9. The van der Waals surface area contributed by atoms with Gasteiger partial charge in [0.15, 0.2) is 0 Å². The highest BCUT2D eigenvalue weighted by molar-refractivity contribution is 6.72. The molecule has 1 aromatic rings. The highest BCUT2D eigenvalue weighted by Crippen LogP contribution is 2.34. The second kappa shape index (κ2) is 8.39. The summed E-state index contributed by atoms with van der Waals surface area (Å²) in [6.07, 6.45) is 1.80. The number of ketones is 2. The zero-order valence-corrected chi connectivity index (χ0v) is 14.4. The van der Waals surface area contributed by atoms with Crippen molar-refractivity contribution in [3.8, 4) is 5.75 Å². The van der Waals surface area contributed by atoms with Crippen LogP contribution in [0.3, 0.4) is 0 Å². The van der Waals surface area contributed by atoms with Gasteiger partial charge in [0.2, 0.25) is 11.6 Å². The van der Waals surface area contributed by atoms with E-state index in [1.807, 2.05) is 24.3 Å². The second-order valence-electron chi connectivity index (χ2n) is 3.89. The predicted octanol–water partition coefficient (Wildman–Crippen LogP) is 4.85. The lowest BCUT2D eigenvalue weighted by atomic mass is 10.1. The summed E-state index contributed by atoms with van der Waals surface area (Å²) in [6, 6.07) is 7.76. The number of ether oxygens (including phenoxy) is 1. The number of Topliss-reactive ketones (excluding diaryl/α,β-unsaturated/α-hetero) is 2. The van der Waals surface area contributed by atoms with E-state index in [4.69, 9.17) is 51.1 Å². The van der Waals surface area contributed by atoms with Crippen molar-refractivity contribution in [2.24, 2.45) is 0 Å². The fourth-order valence-electron chi connectivity index (χ4n) is 1.33. The average Bonchev–Trinajstić information content (AvgIpc) is 2.57. The molecule has 0 unspecified atom stereocenters. The van der Waals surface area contributed by atoms with E-state index in [0.717, 1.165) is 11.3 Å². The minimum Gasteiger partial charge on any atom is -0.497 e. The molecule has 0 saturated heterocycles. The lowest BCUT2D eigenvalue weighted by molar-refractivity contribution is -0.131. The van der Waals surface area contributed by atoms with Crippen molar-refractivity contribution in [3.05, 3.63) is 56.5 Å². The van der Waals surface area contributed by atoms with Gasteiger partial charge in [-0.3, -0.25) is 9.59 Å². The molecule has 0 bridgehead atoms. The van der Waals surface area contributed by atoms with E-state index in [1.54, 1.807) is 13.2 Å². The van der Waals surface area contributed by atoms with Crippen LogP contribution in [0.15, 0.2) is 51.0 Å². The van der Waals surface area contributed by atoms with Gasteiger partial charge in [-0.25, -0.2) is 0 Å². The summed E-state index contributed by atoms with van der Waals surface area (Å²) in [6.45, 7) is 3.65. The van der Waals surface area contributed by atoms with E-state index in [-0.39, 0.29) is 10.1 Å². The Morgan fingerprint density at radius 1 is 0.864 bits per heavy atom. The average molecular weight is 380 g/mol. The Balaban J connectivity index is 0.000000224. The lowest BCUT2D eigenvalue weighted by Crippen LogP contribution is -2.19. The van der Waals surface area contributed by atoms with Crippen LogP contribution < -0.4 is 4.74 Å². The molecule has 0 saturated carbocycles. The molecule has 1 aromatic carbocycles. The SMILES string of the molecule is C=Cc1ccc(OC)cc1.O=C1C(=O)C(Cl)=C(Cl)C(Cl)=C1Cl. The predicted molar refractivity (Wildman–Crippen MR) is 90.6 cm³/mol. The molecule has 0 N–H and O–H groups in total. The van der Waals surface area contributed by atoms with Crippen LogP contribution in [-0.4, -0.2) is 18.7 Å². The summed E-state index contributed by atoms with van der Waals surface area (Å²) >= 11 is 21.7. The minimum atomic E-state index is -0.934. The van der Waals surface area contributed by atoms with Gasteiger partial charge in [0.1, 0.15) is 15.8 Å². The molecule has 0 aliphatic heterocycles. The van der Waals surface area contributed by atoms with Crippen LogP contribution >= 0.6 is 46.4 Å². The molecule has 0 spiro atoms. The third-order valence-corrected chi connectivity index (χ3v) is 4.30. The van der Waals surface area contributed by atoms with E-state index in [1.165, 1.54) is 0 Å². The summed E-state index contributed by atoms with van der Waals surface area (Å²) in [4.78, 5) is 21.8. The Morgan fingerprint density at radius 2 is 1.27 bits per heavy atom. The van der Waals surface area contributed by atoms with Gasteiger partial charge in [0, 0.05) is 0 Å². The van der Waals surface area contributed by atoms with Crippen molar-refractivity contribution in [3.63, 3.8) is 0 Å². The zero-order valence-electron chi connectivity index (χ0n) is 11.3. The van der Waals surface area contributed by atoms with Crippen LogP contribution in [0.25, 0.3) is 6.08 Å². The molecule has 0 aromatic heterocycles. The number of carbonyl (C=O) groups excluding carboxylic acids is 2. The van der Waals surface area contributed by atoms with Crippen molar-refractivity contribution in [1.29, 1.82) is 0 Å². The monoisotopic (exact) mass is 378 g/mol. The van der Waals surface area contributed by atoms with E-state index < -0.39 is 21.6 Å². The quantitative estimate of drug-likeness (QED) is 0.544. The highest BCUT2D eigenvalue weighted by atomic mass is 35.5. The molecule has 2 rings (SSSR count). The summed E-state index contributed by atoms with van der Waals surface area (Å²) in [5.74, 6) is -0.988. The van der Waals surface area contributed by atoms with Crippen LogP contribution in [0, 0.1) is 0 Å². The Morgan fingerprint density at radius 3 is 1.59 bits per heavy atom. The molecule has 3 nitrogen and oxygen atoms in total. The van der Waals surface area contributed by atoms with Crippen LogP contribution in [-0.2, 0) is 9.59 Å². The summed E-state index contributed by atoms with van der Waals surface area (Å²) in [7, 11) is 1.66. The maximum absolute atomic E-state index is 10.9. The van der Waals surface area contributed by atoms with E-state index >= 15 is 0 Å². The Bertz CT molecular complexity index is 623. The third kappa shape index (κ3) is 4.37. The number of methoxy groups -OCH3 is 1. The van der Waals surface area contributed by atoms with Gasteiger partial charge in [-0.1, -0.05) is 71.2 Å². The molecule has 22 heavy (non-hydrogen) atoms. The van der Waals surface area contributed by atoms with Crippen molar-refractivity contribution in [2.75, 3.05) is 7.11 Å². The molecule has 0 heterocycles. The number of carbonyl (C=O) groups is 2. The first-order valence-electron chi connectivity index (χ1n) is 5.79. The van der Waals surface area contributed by atoms with E-state index in [2.05, 4.69) is 6.58 Å². The van der Waals surface area contributed by atoms with Crippen LogP contribution in [0.5, 0.6) is 5.75 Å². The standard InChI is InChI=1S/C9H10O.C6Cl4O2/c1-3-8-4-6-9(10-2)7-5-8;7-1-2(8)4(10)6(12)5(11)3(1)9/h3-7H,1H2,2H3;. The molecule has 1 aliphatic rings. The van der Waals surface area contributed by atoms with Crippen LogP contribution in [0.2, 0.25) is 0 Å². The molecule has 1 aliphatic carbocycles. The van der Waals surface area contributed by atoms with Crippen molar-refractivity contribution < 1.29 is 14.3 Å². The first-order valence-corrected chi connectivity index (χ1v) is 7.31. The molecule has 0 amide bonds. The summed E-state index contributed by atoms with van der Waals surface area (Å²) in [5.41, 5.74) is 1.11. The Hall–Kier alpha value is -1.26. The lowest BCUT2D eigenvalue weighted by Gasteiger charge is -2.08. The highest BCUT2D eigenvalue weighted by Gasteiger charge is 2.31. The first-order chi connectivity index (χ1) is 10.3. The molecule has 0 atom stereocenters. The molecular formula is C15H10Cl4O3. The smallest absolute Gasteiger partial charge is 0.247 e. The van der Waals surface area contributed by atoms with Gasteiger partial charge in [-0.2, -0.15) is 0 Å². The second-order valence-corrected chi connectivity index (χ2v) is 5.40. The van der Waals surface area contributed by atoms with E-state index in [9.17, 15) is 9.59 Å². The molecule has 116 valence electrons. The van der Waals surface area contributed by atoms with Gasteiger partial charge < -0.3 is 4.74 Å². The summed E-state index contributed by atoms with van der Waals surface area (Å²) in [5, 5.41) is -1.16. The van der Waals surface area contributed by atoms with Crippen molar-refractivity contribution in [1.82, 2.24) is 0 Å². The maximum Gasteiger partial charge on any atom is 0.247 e. The van der Waals surface area contributed by atoms with Crippen LogP contribution in [0.1, 0.15) is 5.56 Å². The van der Waals surface area contributed by atoms with Crippen molar-refractivity contribution >= 4 is 64.0 Å². The van der Waals surface area contributed by atoms with Gasteiger partial charge in [-0.05, 0) is 17.7 Å². The van der Waals surface area contributed by atoms with Gasteiger partial charge in [-0.15, -0.1) is 0 Å². The van der Waals surface area contributed by atoms with E-state index in [0.29, 0.717) is 0 Å². The molecular weight excluding hydrogens is 370 g/mol. The number of halogens is 4. The number of allylic oxidation sites excluding steroid dienone is 4. The minimum absolute atomic E-state index is 0.187. The van der Waals surface area contributed by atoms with Gasteiger partial charge in [0.05, 0.1) is 17.2 Å². The summed E-state index contributed by atoms with van der Waals surface area (Å²) < 4.78 is 4.98. The number of rotatable bonds is 2. The van der Waals surface area contributed by atoms with Crippen LogP contribution in [0.4, 0.5) is 0 Å². The fraction of sp³-hybridized carbons (Fsp3) is 0.0667. The number of hydrogen-bond donors (Lipinski definition) is 0. The maximum atomic E-state index is 10.9.